The second kappa shape index (κ2) is 5.55. The Morgan fingerprint density at radius 3 is 2.74 bits per heavy atom. The third-order valence-corrected chi connectivity index (χ3v) is 4.55. The molecule has 116 valence electrons. The summed E-state index contributed by atoms with van der Waals surface area (Å²) in [5, 5.41) is 3.44. The maximum absolute atomic E-state index is 12.2. The number of nitrogens with zero attached hydrogens (tertiary/aromatic N) is 1. The number of anilines is 1. The monoisotopic (exact) mass is 326 g/mol. The van der Waals surface area contributed by atoms with Gasteiger partial charge in [0.1, 0.15) is 0 Å². The number of amides is 1. The summed E-state index contributed by atoms with van der Waals surface area (Å²) in [5.41, 5.74) is 2.96. The van der Waals surface area contributed by atoms with Crippen LogP contribution in [-0.4, -0.2) is 17.7 Å². The molecule has 1 aromatic heterocycles. The van der Waals surface area contributed by atoms with Crippen molar-refractivity contribution >= 4 is 32.6 Å². The number of hydrogen-bond acceptors (Lipinski definition) is 5. The summed E-state index contributed by atoms with van der Waals surface area (Å²) >= 11 is 1.43. The Labute approximate surface area is 136 Å². The van der Waals surface area contributed by atoms with E-state index in [4.69, 9.17) is 9.47 Å². The van der Waals surface area contributed by atoms with Gasteiger partial charge in [-0.2, -0.15) is 0 Å². The molecule has 0 fully saturated rings. The Hall–Kier alpha value is -2.60. The molecule has 6 heteroatoms. The number of carbonyl (C=O) groups excluding carboxylic acids is 1. The first-order valence-electron chi connectivity index (χ1n) is 7.23. The van der Waals surface area contributed by atoms with E-state index in [1.54, 1.807) is 0 Å². The standard InChI is InChI=1S/C17H14N2O3S/c1-10-2-4-11(5-3-10)6-16(20)19-17-18-12-7-13-14(22-9-21-13)8-15(12)23-17/h2-5,7-8H,6,9H2,1H3,(H,18,19,20). The molecule has 2 heterocycles. The Morgan fingerprint density at radius 2 is 1.96 bits per heavy atom. The van der Waals surface area contributed by atoms with E-state index in [0.717, 1.165) is 21.5 Å². The van der Waals surface area contributed by atoms with E-state index >= 15 is 0 Å². The van der Waals surface area contributed by atoms with Gasteiger partial charge in [0.15, 0.2) is 16.6 Å². The number of aryl methyl sites for hydroxylation is 1. The highest BCUT2D eigenvalue weighted by Gasteiger charge is 2.17. The van der Waals surface area contributed by atoms with Gasteiger partial charge >= 0.3 is 0 Å². The van der Waals surface area contributed by atoms with Gasteiger partial charge in [-0.05, 0) is 12.5 Å². The van der Waals surface area contributed by atoms with Gasteiger partial charge in [-0.25, -0.2) is 4.98 Å². The Balaban J connectivity index is 1.51. The van der Waals surface area contributed by atoms with Crippen molar-refractivity contribution in [1.29, 1.82) is 0 Å². The molecule has 1 aliphatic heterocycles. The first kappa shape index (κ1) is 14.0. The zero-order valence-electron chi connectivity index (χ0n) is 12.5. The predicted octanol–water partition coefficient (Wildman–Crippen LogP) is 3.51. The molecule has 5 nitrogen and oxygen atoms in total. The summed E-state index contributed by atoms with van der Waals surface area (Å²) in [6.45, 7) is 2.27. The van der Waals surface area contributed by atoms with E-state index in [-0.39, 0.29) is 12.7 Å². The molecule has 3 aromatic rings. The van der Waals surface area contributed by atoms with E-state index in [9.17, 15) is 4.79 Å². The lowest BCUT2D eigenvalue weighted by Crippen LogP contribution is -2.14. The maximum Gasteiger partial charge on any atom is 0.231 e. The van der Waals surface area contributed by atoms with Crippen LogP contribution in [0.15, 0.2) is 36.4 Å². The van der Waals surface area contributed by atoms with E-state index in [0.29, 0.717) is 17.3 Å². The van der Waals surface area contributed by atoms with Gasteiger partial charge in [-0.1, -0.05) is 41.2 Å². The summed E-state index contributed by atoms with van der Waals surface area (Å²) in [7, 11) is 0. The summed E-state index contributed by atoms with van der Waals surface area (Å²) in [6, 6.07) is 11.7. The van der Waals surface area contributed by atoms with Crippen molar-refractivity contribution in [2.24, 2.45) is 0 Å². The van der Waals surface area contributed by atoms with Crippen LogP contribution in [0.3, 0.4) is 0 Å². The highest BCUT2D eigenvalue weighted by atomic mass is 32.1. The number of fused-ring (bicyclic) bond motifs is 2. The van der Waals surface area contributed by atoms with Crippen LogP contribution in [0.1, 0.15) is 11.1 Å². The molecule has 1 aliphatic rings. The molecule has 4 rings (SSSR count). The molecule has 0 spiro atoms. The predicted molar refractivity (Wildman–Crippen MR) is 89.3 cm³/mol. The second-order valence-corrected chi connectivity index (χ2v) is 6.43. The molecule has 0 bridgehead atoms. The fourth-order valence-corrected chi connectivity index (χ4v) is 3.32. The smallest absolute Gasteiger partial charge is 0.231 e. The van der Waals surface area contributed by atoms with Crippen molar-refractivity contribution in [2.45, 2.75) is 13.3 Å². The van der Waals surface area contributed by atoms with Gasteiger partial charge in [-0.15, -0.1) is 0 Å². The summed E-state index contributed by atoms with van der Waals surface area (Å²) < 4.78 is 11.7. The molecule has 1 N–H and O–H groups in total. The third-order valence-electron chi connectivity index (χ3n) is 3.61. The highest BCUT2D eigenvalue weighted by molar-refractivity contribution is 7.22. The lowest BCUT2D eigenvalue weighted by atomic mass is 10.1. The number of ether oxygens (including phenoxy) is 2. The number of carbonyl (C=O) groups is 1. The van der Waals surface area contributed by atoms with Crippen LogP contribution in [0.5, 0.6) is 11.5 Å². The molecule has 2 aromatic carbocycles. The number of hydrogen-bond donors (Lipinski definition) is 1. The topological polar surface area (TPSA) is 60.5 Å². The molecule has 0 saturated heterocycles. The van der Waals surface area contributed by atoms with Crippen molar-refractivity contribution in [2.75, 3.05) is 12.1 Å². The quantitative estimate of drug-likeness (QED) is 0.800. The van der Waals surface area contributed by atoms with E-state index in [1.165, 1.54) is 16.9 Å². The van der Waals surface area contributed by atoms with Gasteiger partial charge in [0.2, 0.25) is 12.7 Å². The number of aromatic nitrogens is 1. The van der Waals surface area contributed by atoms with Crippen molar-refractivity contribution in [3.05, 3.63) is 47.5 Å². The van der Waals surface area contributed by atoms with Crippen molar-refractivity contribution in [3.8, 4) is 11.5 Å². The zero-order valence-corrected chi connectivity index (χ0v) is 13.3. The Kier molecular flexibility index (Phi) is 3.38. The van der Waals surface area contributed by atoms with Crippen molar-refractivity contribution < 1.29 is 14.3 Å². The number of thiazole rings is 1. The number of benzene rings is 2. The minimum atomic E-state index is -0.0760. The Bertz CT molecular complexity index is 846. The molecule has 0 atom stereocenters. The van der Waals surface area contributed by atoms with E-state index < -0.39 is 0 Å². The van der Waals surface area contributed by atoms with Gasteiger partial charge in [-0.3, -0.25) is 4.79 Å². The lowest BCUT2D eigenvalue weighted by molar-refractivity contribution is -0.115. The lowest BCUT2D eigenvalue weighted by Gasteiger charge is -2.02. The summed E-state index contributed by atoms with van der Waals surface area (Å²) in [6.07, 6.45) is 0.332. The number of nitrogens with one attached hydrogen (secondary N) is 1. The van der Waals surface area contributed by atoms with Crippen LogP contribution >= 0.6 is 11.3 Å². The second-order valence-electron chi connectivity index (χ2n) is 5.40. The average Bonchev–Trinajstić information content (AvgIpc) is 3.12. The van der Waals surface area contributed by atoms with Crippen LogP contribution in [0.2, 0.25) is 0 Å². The van der Waals surface area contributed by atoms with Crippen LogP contribution < -0.4 is 14.8 Å². The van der Waals surface area contributed by atoms with Gasteiger partial charge < -0.3 is 14.8 Å². The number of rotatable bonds is 3. The van der Waals surface area contributed by atoms with Crippen LogP contribution in [0.25, 0.3) is 10.2 Å². The molecule has 1 amide bonds. The molecule has 0 saturated carbocycles. The highest BCUT2D eigenvalue weighted by Crippen LogP contribution is 2.38. The van der Waals surface area contributed by atoms with E-state index in [2.05, 4.69) is 10.3 Å². The summed E-state index contributed by atoms with van der Waals surface area (Å²) in [4.78, 5) is 16.6. The van der Waals surface area contributed by atoms with Crippen molar-refractivity contribution in [1.82, 2.24) is 4.98 Å². The SMILES string of the molecule is Cc1ccc(CC(=O)Nc2nc3cc4c(cc3s2)OCO4)cc1. The molecule has 23 heavy (non-hydrogen) atoms. The average molecular weight is 326 g/mol. The van der Waals surface area contributed by atoms with Crippen LogP contribution in [0.4, 0.5) is 5.13 Å². The van der Waals surface area contributed by atoms with Crippen LogP contribution in [0, 0.1) is 6.92 Å². The minimum Gasteiger partial charge on any atom is -0.454 e. The first-order chi connectivity index (χ1) is 11.2. The molecular formula is C17H14N2O3S. The van der Waals surface area contributed by atoms with E-state index in [1.807, 2.05) is 43.3 Å². The molecule has 0 radical (unpaired) electrons. The molecule has 0 aliphatic carbocycles. The van der Waals surface area contributed by atoms with Gasteiger partial charge in [0.25, 0.3) is 0 Å². The van der Waals surface area contributed by atoms with Crippen LogP contribution in [-0.2, 0) is 11.2 Å². The van der Waals surface area contributed by atoms with Crippen molar-refractivity contribution in [3.63, 3.8) is 0 Å². The zero-order chi connectivity index (χ0) is 15.8. The fraction of sp³-hybridized carbons (Fsp3) is 0.176. The largest absolute Gasteiger partial charge is 0.454 e. The first-order valence-corrected chi connectivity index (χ1v) is 8.04. The normalized spacial score (nSPS) is 12.6. The molecule has 0 unspecified atom stereocenters. The third kappa shape index (κ3) is 2.85. The molecular weight excluding hydrogens is 312 g/mol. The summed E-state index contributed by atoms with van der Waals surface area (Å²) in [5.74, 6) is 1.34. The fourth-order valence-electron chi connectivity index (χ4n) is 2.43. The Morgan fingerprint density at radius 1 is 1.22 bits per heavy atom. The van der Waals surface area contributed by atoms with Gasteiger partial charge in [0.05, 0.1) is 16.6 Å². The minimum absolute atomic E-state index is 0.0760. The van der Waals surface area contributed by atoms with Gasteiger partial charge in [0, 0.05) is 12.1 Å². The maximum atomic E-state index is 12.2.